The number of nitrogens with zero attached hydrogens (tertiary/aromatic N) is 1. The van der Waals surface area contributed by atoms with Crippen LogP contribution in [0.25, 0.3) is 0 Å². The second kappa shape index (κ2) is 11.6. The van der Waals surface area contributed by atoms with E-state index < -0.39 is 5.97 Å². The van der Waals surface area contributed by atoms with Crippen LogP contribution >= 0.6 is 22.6 Å². The highest BCUT2D eigenvalue weighted by atomic mass is 127. The molecule has 0 saturated heterocycles. The highest BCUT2D eigenvalue weighted by Gasteiger charge is 2.11. The lowest BCUT2D eigenvalue weighted by Gasteiger charge is -2.12. The summed E-state index contributed by atoms with van der Waals surface area (Å²) in [4.78, 5) is 24.4. The lowest BCUT2D eigenvalue weighted by molar-refractivity contribution is -0.123. The van der Waals surface area contributed by atoms with Gasteiger partial charge < -0.3 is 9.47 Å². The molecule has 170 valence electrons. The summed E-state index contributed by atoms with van der Waals surface area (Å²) >= 11 is 2.10. The van der Waals surface area contributed by atoms with Crippen LogP contribution in [0.3, 0.4) is 0 Å². The fourth-order valence-corrected chi connectivity index (χ4v) is 3.50. The van der Waals surface area contributed by atoms with Crippen molar-refractivity contribution in [3.63, 3.8) is 0 Å². The first-order valence-corrected chi connectivity index (χ1v) is 11.5. The number of hydrogen-bond acceptors (Lipinski definition) is 5. The van der Waals surface area contributed by atoms with Crippen LogP contribution < -0.4 is 14.9 Å². The van der Waals surface area contributed by atoms with Gasteiger partial charge in [-0.15, -0.1) is 0 Å². The molecule has 0 radical (unpaired) electrons. The van der Waals surface area contributed by atoms with Gasteiger partial charge in [-0.1, -0.05) is 38.1 Å². The van der Waals surface area contributed by atoms with Gasteiger partial charge in [0.1, 0.15) is 11.5 Å². The minimum atomic E-state index is -0.414. The number of benzene rings is 3. The van der Waals surface area contributed by atoms with Crippen molar-refractivity contribution < 1.29 is 19.1 Å². The Labute approximate surface area is 207 Å². The van der Waals surface area contributed by atoms with E-state index in [2.05, 4.69) is 53.0 Å². The van der Waals surface area contributed by atoms with Crippen molar-refractivity contribution in [3.05, 3.63) is 92.6 Å². The van der Waals surface area contributed by atoms with Gasteiger partial charge >= 0.3 is 5.97 Å². The number of carbonyl (C=O) groups excluding carboxylic acids is 2. The summed E-state index contributed by atoms with van der Waals surface area (Å²) in [6.45, 7) is 6.02. The number of ether oxygens (including phenoxy) is 2. The molecule has 0 bridgehead atoms. The zero-order chi connectivity index (χ0) is 23.8. The van der Waals surface area contributed by atoms with Gasteiger partial charge in [0.2, 0.25) is 0 Å². The summed E-state index contributed by atoms with van der Waals surface area (Å²) < 4.78 is 11.9. The average Bonchev–Trinajstić information content (AvgIpc) is 2.79. The maximum absolute atomic E-state index is 12.3. The van der Waals surface area contributed by atoms with E-state index in [4.69, 9.17) is 9.47 Å². The van der Waals surface area contributed by atoms with Gasteiger partial charge in [-0.2, -0.15) is 5.10 Å². The molecule has 33 heavy (non-hydrogen) atoms. The number of carbonyl (C=O) groups is 2. The van der Waals surface area contributed by atoms with Gasteiger partial charge in [0, 0.05) is 3.57 Å². The van der Waals surface area contributed by atoms with Crippen LogP contribution in [0.1, 0.15) is 46.8 Å². The van der Waals surface area contributed by atoms with E-state index in [9.17, 15) is 9.59 Å². The molecule has 0 heterocycles. The lowest BCUT2D eigenvalue weighted by atomic mass is 10.0. The molecular formula is C26H25IN2O4. The van der Waals surface area contributed by atoms with E-state index in [1.807, 2.05) is 31.2 Å². The molecule has 6 nitrogen and oxygen atoms in total. The average molecular weight is 556 g/mol. The Morgan fingerprint density at radius 3 is 2.48 bits per heavy atom. The van der Waals surface area contributed by atoms with Crippen LogP contribution in [-0.2, 0) is 4.79 Å². The minimum Gasteiger partial charge on any atom is -0.483 e. The third-order valence-corrected chi connectivity index (χ3v) is 5.77. The van der Waals surface area contributed by atoms with Crippen molar-refractivity contribution in [1.82, 2.24) is 5.43 Å². The summed E-state index contributed by atoms with van der Waals surface area (Å²) in [6.07, 6.45) is 1.51. The van der Waals surface area contributed by atoms with Crippen molar-refractivity contribution in [1.29, 1.82) is 0 Å². The van der Waals surface area contributed by atoms with Crippen molar-refractivity contribution in [2.75, 3.05) is 6.61 Å². The maximum Gasteiger partial charge on any atom is 0.344 e. The molecular weight excluding hydrogens is 531 g/mol. The molecule has 0 saturated carbocycles. The fraction of sp³-hybridized carbons (Fsp3) is 0.192. The summed E-state index contributed by atoms with van der Waals surface area (Å²) in [5, 5.41) is 3.96. The smallest absolute Gasteiger partial charge is 0.344 e. The summed E-state index contributed by atoms with van der Waals surface area (Å²) in [6, 6.07) is 20.1. The standard InChI is InChI=1S/C26H25IN2O4/c1-17(2)20-11-8-18(3)24(14-20)32-16-25(30)29-28-15-19-9-12-21(13-10-19)33-26(31)22-6-4-5-7-23(22)27/h4-15,17H,16H2,1-3H3,(H,29,30)/b28-15+. The van der Waals surface area contributed by atoms with E-state index in [1.54, 1.807) is 36.4 Å². The summed E-state index contributed by atoms with van der Waals surface area (Å²) in [5.41, 5.74) is 5.83. The Balaban J connectivity index is 1.49. The number of rotatable bonds is 8. The van der Waals surface area contributed by atoms with Crippen molar-refractivity contribution in [2.24, 2.45) is 5.10 Å². The zero-order valence-corrected chi connectivity index (χ0v) is 20.8. The molecule has 0 unspecified atom stereocenters. The van der Waals surface area contributed by atoms with E-state index in [1.165, 1.54) is 6.21 Å². The van der Waals surface area contributed by atoms with Gasteiger partial charge in [0.15, 0.2) is 6.61 Å². The van der Waals surface area contributed by atoms with E-state index in [0.717, 1.165) is 20.3 Å². The molecule has 7 heteroatoms. The number of hydrogen-bond donors (Lipinski definition) is 1. The Morgan fingerprint density at radius 1 is 1.06 bits per heavy atom. The zero-order valence-electron chi connectivity index (χ0n) is 18.7. The van der Waals surface area contributed by atoms with Crippen molar-refractivity contribution in [2.45, 2.75) is 26.7 Å². The molecule has 3 rings (SSSR count). The number of nitrogens with one attached hydrogen (secondary N) is 1. The predicted octanol–water partition coefficient (Wildman–Crippen LogP) is 5.47. The third kappa shape index (κ3) is 7.15. The van der Waals surface area contributed by atoms with Crippen LogP contribution in [-0.4, -0.2) is 24.7 Å². The number of halogens is 1. The molecule has 0 aliphatic heterocycles. The molecule has 0 atom stereocenters. The second-order valence-electron chi connectivity index (χ2n) is 7.70. The van der Waals surface area contributed by atoms with Crippen LogP contribution in [0.2, 0.25) is 0 Å². The monoisotopic (exact) mass is 556 g/mol. The molecule has 0 aliphatic carbocycles. The van der Waals surface area contributed by atoms with Crippen LogP contribution in [0.5, 0.6) is 11.5 Å². The maximum atomic E-state index is 12.3. The Kier molecular flexibility index (Phi) is 8.59. The highest BCUT2D eigenvalue weighted by molar-refractivity contribution is 14.1. The molecule has 1 amide bonds. The molecule has 0 aromatic heterocycles. The normalized spacial score (nSPS) is 10.9. The molecule has 1 N–H and O–H groups in total. The first kappa shape index (κ1) is 24.4. The molecule has 0 aliphatic rings. The molecule has 3 aromatic carbocycles. The van der Waals surface area contributed by atoms with E-state index >= 15 is 0 Å². The Hall–Kier alpha value is -3.20. The number of esters is 1. The molecule has 0 fully saturated rings. The van der Waals surface area contributed by atoms with E-state index in [0.29, 0.717) is 23.0 Å². The predicted molar refractivity (Wildman–Crippen MR) is 137 cm³/mol. The number of amides is 1. The molecule has 3 aromatic rings. The Morgan fingerprint density at radius 2 is 1.79 bits per heavy atom. The van der Waals surface area contributed by atoms with Crippen LogP contribution in [0.4, 0.5) is 0 Å². The van der Waals surface area contributed by atoms with Crippen LogP contribution in [0.15, 0.2) is 71.8 Å². The highest BCUT2D eigenvalue weighted by Crippen LogP contribution is 2.24. The van der Waals surface area contributed by atoms with E-state index in [-0.39, 0.29) is 12.5 Å². The van der Waals surface area contributed by atoms with Crippen LogP contribution in [0, 0.1) is 10.5 Å². The summed E-state index contributed by atoms with van der Waals surface area (Å²) in [5.74, 6) is 0.721. The molecule has 0 spiro atoms. The van der Waals surface area contributed by atoms with Gasteiger partial charge in [-0.25, -0.2) is 10.2 Å². The van der Waals surface area contributed by atoms with Crippen molar-refractivity contribution in [3.8, 4) is 11.5 Å². The quantitative estimate of drug-likeness (QED) is 0.131. The largest absolute Gasteiger partial charge is 0.483 e. The van der Waals surface area contributed by atoms with Crippen molar-refractivity contribution >= 4 is 40.7 Å². The topological polar surface area (TPSA) is 77.0 Å². The number of hydrazone groups is 1. The first-order chi connectivity index (χ1) is 15.8. The third-order valence-electron chi connectivity index (χ3n) is 4.82. The van der Waals surface area contributed by atoms with Gasteiger partial charge in [-0.05, 0) is 94.6 Å². The minimum absolute atomic E-state index is 0.132. The SMILES string of the molecule is Cc1ccc(C(C)C)cc1OCC(=O)N/N=C/c1ccc(OC(=O)c2ccccc2I)cc1. The van der Waals surface area contributed by atoms with Gasteiger partial charge in [-0.3, -0.25) is 4.79 Å². The summed E-state index contributed by atoms with van der Waals surface area (Å²) in [7, 11) is 0. The van der Waals surface area contributed by atoms with Gasteiger partial charge in [0.25, 0.3) is 5.91 Å². The second-order valence-corrected chi connectivity index (χ2v) is 8.86. The fourth-order valence-electron chi connectivity index (χ4n) is 2.90. The Bertz CT molecular complexity index is 1160. The first-order valence-electron chi connectivity index (χ1n) is 10.5. The lowest BCUT2D eigenvalue weighted by Crippen LogP contribution is -2.24. The number of aryl methyl sites for hydroxylation is 1. The van der Waals surface area contributed by atoms with Gasteiger partial charge in [0.05, 0.1) is 11.8 Å².